The maximum atomic E-state index is 11.7. The van der Waals surface area contributed by atoms with Crippen molar-refractivity contribution >= 4 is 16.0 Å². The average Bonchev–Trinajstić information content (AvgIpc) is 2.43. The summed E-state index contributed by atoms with van der Waals surface area (Å²) >= 11 is 0. The van der Waals surface area contributed by atoms with Gasteiger partial charge in [0.15, 0.2) is 0 Å². The summed E-state index contributed by atoms with van der Waals surface area (Å²) in [5, 5.41) is 17.5. The lowest BCUT2D eigenvalue weighted by atomic mass is 10.2. The van der Waals surface area contributed by atoms with Gasteiger partial charge < -0.3 is 14.9 Å². The standard InChI is InChI=1S/C12H17NO6S/c1-19-10-4-2-9(3-5-10)6-7-20(17,18)13-11(8-14)12(15)16/h2-5,11,13-14H,6-8H2,1H3,(H,15,16). The number of aliphatic hydroxyl groups excluding tert-OH is 1. The van der Waals surface area contributed by atoms with Crippen LogP contribution < -0.4 is 9.46 Å². The van der Waals surface area contributed by atoms with Crippen molar-refractivity contribution in [3.63, 3.8) is 0 Å². The van der Waals surface area contributed by atoms with E-state index in [1.165, 1.54) is 7.11 Å². The summed E-state index contributed by atoms with van der Waals surface area (Å²) < 4.78 is 30.3. The average molecular weight is 303 g/mol. The molecule has 1 aromatic carbocycles. The highest BCUT2D eigenvalue weighted by molar-refractivity contribution is 7.89. The van der Waals surface area contributed by atoms with E-state index in [2.05, 4.69) is 0 Å². The minimum absolute atomic E-state index is 0.233. The number of aliphatic carboxylic acids is 1. The van der Waals surface area contributed by atoms with Gasteiger partial charge in [-0.1, -0.05) is 12.1 Å². The zero-order valence-electron chi connectivity index (χ0n) is 10.9. The molecule has 112 valence electrons. The Morgan fingerprint density at radius 3 is 2.40 bits per heavy atom. The molecule has 0 aromatic heterocycles. The second kappa shape index (κ2) is 7.22. The van der Waals surface area contributed by atoms with E-state index in [9.17, 15) is 13.2 Å². The summed E-state index contributed by atoms with van der Waals surface area (Å²) in [4.78, 5) is 10.7. The number of aliphatic hydroxyl groups is 1. The molecule has 1 aromatic rings. The predicted molar refractivity (Wildman–Crippen MR) is 72.1 cm³/mol. The second-order valence-corrected chi connectivity index (χ2v) is 5.98. The number of rotatable bonds is 8. The SMILES string of the molecule is COc1ccc(CCS(=O)(=O)NC(CO)C(=O)O)cc1. The highest BCUT2D eigenvalue weighted by Gasteiger charge is 2.22. The molecule has 0 spiro atoms. The molecule has 7 nitrogen and oxygen atoms in total. The smallest absolute Gasteiger partial charge is 0.324 e. The lowest BCUT2D eigenvalue weighted by Crippen LogP contribution is -2.44. The predicted octanol–water partition coefficient (Wildman–Crippen LogP) is -0.397. The fourth-order valence-corrected chi connectivity index (χ4v) is 2.72. The van der Waals surface area contributed by atoms with Crippen molar-refractivity contribution in [1.82, 2.24) is 4.72 Å². The zero-order chi connectivity index (χ0) is 15.2. The number of carbonyl (C=O) groups is 1. The fourth-order valence-electron chi connectivity index (χ4n) is 1.49. The minimum atomic E-state index is -3.77. The summed E-state index contributed by atoms with van der Waals surface area (Å²) in [6.07, 6.45) is 0.233. The molecule has 0 bridgehead atoms. The number of sulfonamides is 1. The molecule has 1 rings (SSSR count). The van der Waals surface area contributed by atoms with Crippen LogP contribution in [0.3, 0.4) is 0 Å². The molecule has 3 N–H and O–H groups in total. The van der Waals surface area contributed by atoms with E-state index in [-0.39, 0.29) is 12.2 Å². The minimum Gasteiger partial charge on any atom is -0.497 e. The van der Waals surface area contributed by atoms with Crippen molar-refractivity contribution in [2.45, 2.75) is 12.5 Å². The van der Waals surface area contributed by atoms with Crippen LogP contribution in [0.25, 0.3) is 0 Å². The van der Waals surface area contributed by atoms with Crippen molar-refractivity contribution in [2.24, 2.45) is 0 Å². The molecule has 20 heavy (non-hydrogen) atoms. The van der Waals surface area contributed by atoms with Crippen LogP contribution in [-0.2, 0) is 21.2 Å². The molecule has 0 saturated heterocycles. The number of nitrogens with one attached hydrogen (secondary N) is 1. The van der Waals surface area contributed by atoms with Crippen LogP contribution in [-0.4, -0.2) is 50.1 Å². The van der Waals surface area contributed by atoms with Gasteiger partial charge in [-0.25, -0.2) is 8.42 Å². The van der Waals surface area contributed by atoms with Gasteiger partial charge in [0.2, 0.25) is 10.0 Å². The molecular weight excluding hydrogens is 286 g/mol. The Balaban J connectivity index is 2.60. The molecular formula is C12H17NO6S. The molecule has 0 aliphatic heterocycles. The van der Waals surface area contributed by atoms with Crippen LogP contribution in [0.4, 0.5) is 0 Å². The molecule has 8 heteroatoms. The Labute approximate surface area is 117 Å². The normalized spacial score (nSPS) is 12.9. The lowest BCUT2D eigenvalue weighted by Gasteiger charge is -2.12. The Kier molecular flexibility index (Phi) is 5.93. The van der Waals surface area contributed by atoms with Crippen LogP contribution in [0, 0.1) is 0 Å². The van der Waals surface area contributed by atoms with Gasteiger partial charge in [0, 0.05) is 0 Å². The van der Waals surface area contributed by atoms with Crippen molar-refractivity contribution in [3.8, 4) is 5.75 Å². The molecule has 0 amide bonds. The van der Waals surface area contributed by atoms with E-state index in [4.69, 9.17) is 14.9 Å². The van der Waals surface area contributed by atoms with E-state index in [1.807, 2.05) is 4.72 Å². The summed E-state index contributed by atoms with van der Waals surface area (Å²) in [6.45, 7) is -0.795. The number of hydrogen-bond acceptors (Lipinski definition) is 5. The van der Waals surface area contributed by atoms with E-state index < -0.39 is 28.6 Å². The third-order valence-corrected chi connectivity index (χ3v) is 4.01. The van der Waals surface area contributed by atoms with Gasteiger partial charge in [0.1, 0.15) is 11.8 Å². The first kappa shape index (κ1) is 16.4. The second-order valence-electron chi connectivity index (χ2n) is 4.11. The van der Waals surface area contributed by atoms with Crippen molar-refractivity contribution in [2.75, 3.05) is 19.5 Å². The van der Waals surface area contributed by atoms with Crippen molar-refractivity contribution in [1.29, 1.82) is 0 Å². The first-order valence-corrected chi connectivity index (χ1v) is 7.50. The molecule has 0 radical (unpaired) electrons. The number of benzene rings is 1. The Bertz CT molecular complexity index is 540. The maximum Gasteiger partial charge on any atom is 0.324 e. The van der Waals surface area contributed by atoms with Crippen molar-refractivity contribution < 1.29 is 28.2 Å². The van der Waals surface area contributed by atoms with Crippen LogP contribution >= 0.6 is 0 Å². The van der Waals surface area contributed by atoms with Crippen LogP contribution in [0.1, 0.15) is 5.56 Å². The number of carboxylic acids is 1. The Morgan fingerprint density at radius 1 is 1.35 bits per heavy atom. The zero-order valence-corrected chi connectivity index (χ0v) is 11.8. The largest absolute Gasteiger partial charge is 0.497 e. The molecule has 0 aliphatic carbocycles. The van der Waals surface area contributed by atoms with Crippen LogP contribution in [0.5, 0.6) is 5.75 Å². The number of hydrogen-bond donors (Lipinski definition) is 3. The van der Waals surface area contributed by atoms with Gasteiger partial charge in [-0.2, -0.15) is 4.72 Å². The van der Waals surface area contributed by atoms with Gasteiger partial charge in [0.05, 0.1) is 19.5 Å². The quantitative estimate of drug-likeness (QED) is 0.602. The highest BCUT2D eigenvalue weighted by Crippen LogP contribution is 2.12. The van der Waals surface area contributed by atoms with Gasteiger partial charge >= 0.3 is 5.97 Å². The van der Waals surface area contributed by atoms with E-state index in [0.29, 0.717) is 5.75 Å². The van der Waals surface area contributed by atoms with Gasteiger partial charge in [-0.3, -0.25) is 4.79 Å². The van der Waals surface area contributed by atoms with Gasteiger partial charge in [0.25, 0.3) is 0 Å². The lowest BCUT2D eigenvalue weighted by molar-refractivity contribution is -0.139. The third kappa shape index (κ3) is 5.16. The maximum absolute atomic E-state index is 11.7. The van der Waals surface area contributed by atoms with E-state index in [0.717, 1.165) is 5.56 Å². The number of carboxylic acid groups (broad SMARTS) is 1. The monoisotopic (exact) mass is 303 g/mol. The fraction of sp³-hybridized carbons (Fsp3) is 0.417. The molecule has 0 aliphatic rings. The van der Waals surface area contributed by atoms with Crippen LogP contribution in [0.15, 0.2) is 24.3 Å². The molecule has 0 heterocycles. The highest BCUT2D eigenvalue weighted by atomic mass is 32.2. The Morgan fingerprint density at radius 2 is 1.95 bits per heavy atom. The van der Waals surface area contributed by atoms with Crippen LogP contribution in [0.2, 0.25) is 0 Å². The first-order chi connectivity index (χ1) is 9.38. The van der Waals surface area contributed by atoms with Gasteiger partial charge in [-0.15, -0.1) is 0 Å². The molecule has 0 fully saturated rings. The van der Waals surface area contributed by atoms with E-state index >= 15 is 0 Å². The topological polar surface area (TPSA) is 113 Å². The number of aryl methyl sites for hydroxylation is 1. The number of ether oxygens (including phenoxy) is 1. The molecule has 1 unspecified atom stereocenters. The van der Waals surface area contributed by atoms with E-state index in [1.54, 1.807) is 24.3 Å². The summed E-state index contributed by atoms with van der Waals surface area (Å²) in [5.41, 5.74) is 0.784. The first-order valence-electron chi connectivity index (χ1n) is 5.84. The summed E-state index contributed by atoms with van der Waals surface area (Å²) in [5.74, 6) is -1.01. The number of methoxy groups -OCH3 is 1. The summed E-state index contributed by atoms with van der Waals surface area (Å²) in [7, 11) is -2.24. The van der Waals surface area contributed by atoms with Crippen molar-refractivity contribution in [3.05, 3.63) is 29.8 Å². The molecule has 0 saturated carbocycles. The third-order valence-electron chi connectivity index (χ3n) is 2.62. The molecule has 1 atom stereocenters. The van der Waals surface area contributed by atoms with Gasteiger partial charge in [-0.05, 0) is 24.1 Å². The summed E-state index contributed by atoms with van der Waals surface area (Å²) in [6, 6.07) is 5.37. The Hall–Kier alpha value is -1.64.